The molecule has 0 saturated carbocycles. The second-order valence-corrected chi connectivity index (χ2v) is 5.80. The Morgan fingerprint density at radius 2 is 1.75 bits per heavy atom. The molecule has 3 rings (SSSR count). The van der Waals surface area contributed by atoms with Crippen molar-refractivity contribution >= 4 is 0 Å². The zero-order valence-corrected chi connectivity index (χ0v) is 13.6. The summed E-state index contributed by atoms with van der Waals surface area (Å²) in [6.07, 6.45) is 2.65. The van der Waals surface area contributed by atoms with E-state index in [9.17, 15) is 0 Å². The van der Waals surface area contributed by atoms with E-state index in [0.717, 1.165) is 23.4 Å². The van der Waals surface area contributed by atoms with Crippen LogP contribution in [0.15, 0.2) is 79.0 Å². The Morgan fingerprint density at radius 1 is 0.917 bits per heavy atom. The minimum atomic E-state index is 0.236. The number of nitrogens with zero attached hydrogens (tertiary/aromatic N) is 1. The molecule has 3 heteroatoms. The molecule has 0 aliphatic carbocycles. The summed E-state index contributed by atoms with van der Waals surface area (Å²) >= 11 is 0. The third kappa shape index (κ3) is 4.43. The number of aromatic nitrogens is 1. The van der Waals surface area contributed by atoms with Crippen LogP contribution in [0.5, 0.6) is 5.75 Å². The first kappa shape index (κ1) is 16.2. The van der Waals surface area contributed by atoms with Gasteiger partial charge >= 0.3 is 0 Å². The van der Waals surface area contributed by atoms with Gasteiger partial charge in [-0.2, -0.15) is 0 Å². The number of hydrogen-bond acceptors (Lipinski definition) is 3. The van der Waals surface area contributed by atoms with Gasteiger partial charge in [-0.3, -0.25) is 4.98 Å². The van der Waals surface area contributed by atoms with Gasteiger partial charge in [-0.15, -0.1) is 0 Å². The quantitative estimate of drug-likeness (QED) is 0.717. The first-order valence-corrected chi connectivity index (χ1v) is 8.22. The molecule has 0 spiro atoms. The van der Waals surface area contributed by atoms with Crippen LogP contribution in [0.1, 0.15) is 22.7 Å². The van der Waals surface area contributed by atoms with Gasteiger partial charge in [0.1, 0.15) is 12.4 Å². The van der Waals surface area contributed by atoms with Gasteiger partial charge in [0, 0.05) is 17.8 Å². The van der Waals surface area contributed by atoms with Gasteiger partial charge in [-0.1, -0.05) is 48.5 Å². The molecule has 3 aromatic rings. The summed E-state index contributed by atoms with van der Waals surface area (Å²) in [5, 5.41) is 0. The molecule has 2 N–H and O–H groups in total. The second kappa shape index (κ2) is 8.27. The maximum Gasteiger partial charge on any atom is 0.120 e. The lowest BCUT2D eigenvalue weighted by atomic mass is 9.94. The fraction of sp³-hybridized carbons (Fsp3) is 0.190. The number of ether oxygens (including phenoxy) is 1. The van der Waals surface area contributed by atoms with Crippen LogP contribution in [0.4, 0.5) is 0 Å². The summed E-state index contributed by atoms with van der Waals surface area (Å²) in [5.74, 6) is 1.11. The van der Waals surface area contributed by atoms with Crippen molar-refractivity contribution in [2.45, 2.75) is 18.9 Å². The Balaban J connectivity index is 1.69. The largest absolute Gasteiger partial charge is 0.489 e. The predicted octanol–water partition coefficient (Wildman–Crippen LogP) is 3.95. The highest BCUT2D eigenvalue weighted by Gasteiger charge is 2.12. The van der Waals surface area contributed by atoms with Crippen molar-refractivity contribution in [2.75, 3.05) is 6.54 Å². The molecule has 3 nitrogen and oxygen atoms in total. The van der Waals surface area contributed by atoms with Crippen LogP contribution in [-0.2, 0) is 13.0 Å². The molecule has 0 bridgehead atoms. The highest BCUT2D eigenvalue weighted by atomic mass is 16.5. The Kier molecular flexibility index (Phi) is 5.59. The van der Waals surface area contributed by atoms with Crippen molar-refractivity contribution in [3.8, 4) is 5.75 Å². The molecule has 1 aromatic heterocycles. The van der Waals surface area contributed by atoms with Crippen LogP contribution in [0.25, 0.3) is 0 Å². The van der Waals surface area contributed by atoms with Gasteiger partial charge in [0.25, 0.3) is 0 Å². The topological polar surface area (TPSA) is 48.1 Å². The van der Waals surface area contributed by atoms with E-state index >= 15 is 0 Å². The van der Waals surface area contributed by atoms with Crippen LogP contribution in [0.2, 0.25) is 0 Å². The molecule has 1 unspecified atom stereocenters. The molecule has 122 valence electrons. The molecule has 0 fully saturated rings. The Bertz CT molecular complexity index is 744. The molecule has 0 aliphatic rings. The van der Waals surface area contributed by atoms with Gasteiger partial charge in [0.15, 0.2) is 0 Å². The summed E-state index contributed by atoms with van der Waals surface area (Å²) in [5.41, 5.74) is 9.41. The molecule has 0 radical (unpaired) electrons. The molecule has 0 amide bonds. The van der Waals surface area contributed by atoms with Crippen molar-refractivity contribution in [3.05, 3.63) is 95.8 Å². The fourth-order valence-corrected chi connectivity index (χ4v) is 2.71. The molecule has 0 saturated heterocycles. The van der Waals surface area contributed by atoms with Crippen LogP contribution < -0.4 is 10.5 Å². The summed E-state index contributed by atoms with van der Waals surface area (Å²) < 4.78 is 5.92. The van der Waals surface area contributed by atoms with E-state index in [1.807, 2.05) is 54.7 Å². The van der Waals surface area contributed by atoms with E-state index in [1.54, 1.807) is 0 Å². The lowest BCUT2D eigenvalue weighted by molar-refractivity contribution is 0.305. The highest BCUT2D eigenvalue weighted by Crippen LogP contribution is 2.24. The maximum atomic E-state index is 6.00. The SMILES string of the molecule is NCC(Cc1ccccn1)c1cccc(OCc2ccccc2)c1. The Hall–Kier alpha value is -2.65. The molecular weight excluding hydrogens is 296 g/mol. The van der Waals surface area contributed by atoms with E-state index in [2.05, 4.69) is 29.2 Å². The van der Waals surface area contributed by atoms with E-state index in [4.69, 9.17) is 10.5 Å². The minimum Gasteiger partial charge on any atom is -0.489 e. The standard InChI is InChI=1S/C21H22N2O/c22-15-19(13-20-10-4-5-12-23-20)18-9-6-11-21(14-18)24-16-17-7-2-1-3-8-17/h1-12,14,19H,13,15-16,22H2. The van der Waals surface area contributed by atoms with E-state index in [0.29, 0.717) is 13.2 Å². The summed E-state index contributed by atoms with van der Waals surface area (Å²) in [6.45, 7) is 1.15. The zero-order chi connectivity index (χ0) is 16.6. The van der Waals surface area contributed by atoms with Crippen LogP contribution in [-0.4, -0.2) is 11.5 Å². The minimum absolute atomic E-state index is 0.236. The van der Waals surface area contributed by atoms with E-state index in [1.165, 1.54) is 5.56 Å². The Labute approximate surface area is 143 Å². The fourth-order valence-electron chi connectivity index (χ4n) is 2.71. The smallest absolute Gasteiger partial charge is 0.120 e. The number of benzene rings is 2. The van der Waals surface area contributed by atoms with E-state index in [-0.39, 0.29) is 5.92 Å². The average Bonchev–Trinajstić information content (AvgIpc) is 2.66. The van der Waals surface area contributed by atoms with Crippen molar-refractivity contribution < 1.29 is 4.74 Å². The predicted molar refractivity (Wildman–Crippen MR) is 97.0 cm³/mol. The average molecular weight is 318 g/mol. The number of hydrogen-bond donors (Lipinski definition) is 1. The first-order chi connectivity index (χ1) is 11.8. The normalized spacial score (nSPS) is 11.9. The third-order valence-corrected chi connectivity index (χ3v) is 4.04. The highest BCUT2D eigenvalue weighted by molar-refractivity contribution is 5.32. The molecule has 0 aliphatic heterocycles. The van der Waals surface area contributed by atoms with Crippen LogP contribution >= 0.6 is 0 Å². The third-order valence-electron chi connectivity index (χ3n) is 4.04. The number of pyridine rings is 1. The summed E-state index contributed by atoms with van der Waals surface area (Å²) in [4.78, 5) is 4.40. The Morgan fingerprint density at radius 3 is 2.50 bits per heavy atom. The van der Waals surface area contributed by atoms with Gasteiger partial charge < -0.3 is 10.5 Å². The van der Waals surface area contributed by atoms with Crippen LogP contribution in [0.3, 0.4) is 0 Å². The van der Waals surface area contributed by atoms with Crippen molar-refractivity contribution in [2.24, 2.45) is 5.73 Å². The van der Waals surface area contributed by atoms with Gasteiger partial charge in [-0.25, -0.2) is 0 Å². The van der Waals surface area contributed by atoms with Crippen molar-refractivity contribution in [1.29, 1.82) is 0 Å². The van der Waals surface area contributed by atoms with Crippen molar-refractivity contribution in [3.63, 3.8) is 0 Å². The lowest BCUT2D eigenvalue weighted by Gasteiger charge is -2.16. The number of rotatable bonds is 7. The zero-order valence-electron chi connectivity index (χ0n) is 13.6. The monoisotopic (exact) mass is 318 g/mol. The van der Waals surface area contributed by atoms with Crippen molar-refractivity contribution in [1.82, 2.24) is 4.98 Å². The second-order valence-electron chi connectivity index (χ2n) is 5.80. The maximum absolute atomic E-state index is 6.00. The molecule has 1 heterocycles. The molecule has 24 heavy (non-hydrogen) atoms. The summed E-state index contributed by atoms with van der Waals surface area (Å²) in [7, 11) is 0. The molecule has 1 atom stereocenters. The van der Waals surface area contributed by atoms with E-state index < -0.39 is 0 Å². The first-order valence-electron chi connectivity index (χ1n) is 8.22. The molecule has 2 aromatic carbocycles. The van der Waals surface area contributed by atoms with Gasteiger partial charge in [-0.05, 0) is 48.4 Å². The van der Waals surface area contributed by atoms with Gasteiger partial charge in [0.05, 0.1) is 0 Å². The summed E-state index contributed by atoms with van der Waals surface area (Å²) in [6, 6.07) is 24.4. The number of nitrogens with two attached hydrogens (primary N) is 1. The molecular formula is C21H22N2O. The lowest BCUT2D eigenvalue weighted by Crippen LogP contribution is -2.15. The van der Waals surface area contributed by atoms with Crippen LogP contribution in [0, 0.1) is 0 Å². The van der Waals surface area contributed by atoms with Gasteiger partial charge in [0.2, 0.25) is 0 Å².